The number of anilines is 4. The fraction of sp³-hybridized carbons (Fsp3) is 0.217. The Labute approximate surface area is 809 Å². The molecule has 0 unspecified atom stereocenters. The van der Waals surface area contributed by atoms with Gasteiger partial charge in [0.25, 0.3) is 0 Å². The van der Waals surface area contributed by atoms with E-state index in [0.29, 0.717) is 23.0 Å². The van der Waals surface area contributed by atoms with Crippen LogP contribution in [0.1, 0.15) is 170 Å². The summed E-state index contributed by atoms with van der Waals surface area (Å²) in [5.74, 6) is 4.08. The first-order chi connectivity index (χ1) is 62.0. The number of fused-ring (bicyclic) bond motifs is 6. The van der Waals surface area contributed by atoms with E-state index in [1.807, 2.05) is 30.6 Å². The number of ether oxygens (including phenoxy) is 2. The van der Waals surface area contributed by atoms with Gasteiger partial charge in [0.2, 0.25) is 0 Å². The summed E-state index contributed by atoms with van der Waals surface area (Å²) in [5, 5.41) is 4.45. The molecule has 0 bridgehead atoms. The zero-order chi connectivity index (χ0) is 91.0. The molecule has 0 saturated heterocycles. The zero-order valence-corrected chi connectivity index (χ0v) is 83.5. The molecular weight excluding hydrogens is 1980 g/mol. The van der Waals surface area contributed by atoms with Crippen molar-refractivity contribution in [1.82, 2.24) is 19.1 Å². The number of rotatable bonds is 17. The number of nitrogens with zero attached hydrogens (tertiary/aromatic N) is 8. The van der Waals surface area contributed by atoms with E-state index in [1.165, 1.54) is 55.8 Å². The van der Waals surface area contributed by atoms with Crippen molar-refractivity contribution in [2.75, 3.05) is 19.6 Å². The van der Waals surface area contributed by atoms with Crippen LogP contribution in [0.5, 0.6) is 23.0 Å². The fourth-order valence-corrected chi connectivity index (χ4v) is 17.7. The van der Waals surface area contributed by atoms with Crippen LogP contribution in [-0.2, 0) is 69.2 Å². The van der Waals surface area contributed by atoms with Crippen molar-refractivity contribution in [2.24, 2.45) is 10.8 Å². The monoisotopic (exact) mass is 2090 g/mol. The molecule has 0 spiro atoms. The smallest absolute Gasteiger partial charge is 0.135 e. The molecule has 0 aliphatic carbocycles. The predicted molar refractivity (Wildman–Crippen MR) is 542 cm³/mol. The van der Waals surface area contributed by atoms with Crippen LogP contribution in [-0.4, -0.2) is 19.1 Å². The summed E-state index contributed by atoms with van der Waals surface area (Å²) in [4.78, 5) is 18.9. The van der Waals surface area contributed by atoms with E-state index in [4.69, 9.17) is 19.4 Å². The van der Waals surface area contributed by atoms with Gasteiger partial charge in [-0.2, -0.15) is 12.1 Å². The molecular formula is C120H114N8O2Pt2-6. The third kappa shape index (κ3) is 19.0. The van der Waals surface area contributed by atoms with Crippen molar-refractivity contribution in [3.8, 4) is 68.0 Å². The molecule has 19 rings (SSSR count). The molecule has 672 valence electrons. The van der Waals surface area contributed by atoms with Gasteiger partial charge in [-0.05, 0) is 161 Å². The van der Waals surface area contributed by atoms with Crippen molar-refractivity contribution in [1.29, 1.82) is 0 Å². The normalized spacial score (nSPS) is 13.4. The maximum atomic E-state index is 6.86. The number of hydrogen-bond acceptors (Lipinski definition) is 8. The maximum Gasteiger partial charge on any atom is 0.135 e. The largest absolute Gasteiger partial charge is 0.509 e. The Morgan fingerprint density at radius 3 is 0.985 bits per heavy atom. The van der Waals surface area contributed by atoms with Crippen LogP contribution in [0.2, 0.25) is 0 Å². The number of benzene rings is 13. The molecule has 0 radical (unpaired) electrons. The second kappa shape index (κ2) is 36.5. The van der Waals surface area contributed by atoms with E-state index < -0.39 is 0 Å². The van der Waals surface area contributed by atoms with E-state index in [9.17, 15) is 0 Å². The van der Waals surface area contributed by atoms with Crippen LogP contribution in [0.4, 0.5) is 22.7 Å². The van der Waals surface area contributed by atoms with Gasteiger partial charge in [0, 0.05) is 133 Å². The third-order valence-electron chi connectivity index (χ3n) is 25.5. The molecule has 2 aliphatic heterocycles. The van der Waals surface area contributed by atoms with Gasteiger partial charge in [0.1, 0.15) is 11.6 Å². The molecule has 17 aromatic rings. The summed E-state index contributed by atoms with van der Waals surface area (Å²) in [5.41, 5.74) is 24.6. The van der Waals surface area contributed by atoms with Gasteiger partial charge in [-0.25, -0.2) is 9.97 Å². The Kier molecular flexibility index (Phi) is 25.6. The molecule has 0 atom stereocenters. The number of pyridine rings is 2. The van der Waals surface area contributed by atoms with Crippen molar-refractivity contribution >= 4 is 66.4 Å². The van der Waals surface area contributed by atoms with Crippen LogP contribution in [0.15, 0.2) is 346 Å². The van der Waals surface area contributed by atoms with Crippen molar-refractivity contribution in [3.05, 3.63) is 422 Å². The molecule has 0 N–H and O–H groups in total. The van der Waals surface area contributed by atoms with Crippen LogP contribution < -0.4 is 29.1 Å². The van der Waals surface area contributed by atoms with Crippen LogP contribution in [0.25, 0.3) is 88.6 Å². The van der Waals surface area contributed by atoms with Gasteiger partial charge >= 0.3 is 0 Å². The summed E-state index contributed by atoms with van der Waals surface area (Å²) in [6.07, 6.45) is 8.31. The average molecular weight is 2090 g/mol. The molecule has 0 amide bonds. The maximum absolute atomic E-state index is 6.86. The fourth-order valence-electron chi connectivity index (χ4n) is 17.7. The van der Waals surface area contributed by atoms with Gasteiger partial charge in [-0.15, -0.1) is 107 Å². The molecule has 6 heterocycles. The topological polar surface area (TPSA) is 67.1 Å². The molecule has 12 heteroatoms. The summed E-state index contributed by atoms with van der Waals surface area (Å²) < 4.78 is 18.1. The first-order valence-electron chi connectivity index (χ1n) is 45.3. The Morgan fingerprint density at radius 2 is 0.606 bits per heavy atom. The van der Waals surface area contributed by atoms with Crippen molar-refractivity contribution < 1.29 is 51.6 Å². The minimum absolute atomic E-state index is 0. The third-order valence-corrected chi connectivity index (χ3v) is 25.5. The number of hydrogen-bond donors (Lipinski definition) is 0. The molecule has 4 aromatic heterocycles. The Hall–Kier alpha value is -12.6. The molecule has 13 aromatic carbocycles. The van der Waals surface area contributed by atoms with Gasteiger partial charge in [-0.1, -0.05) is 343 Å². The quantitative estimate of drug-likeness (QED) is 0.0836. The average Bonchev–Trinajstić information content (AvgIpc) is 1.59. The molecule has 2 aliphatic rings. The molecule has 132 heavy (non-hydrogen) atoms. The van der Waals surface area contributed by atoms with Crippen LogP contribution in [0.3, 0.4) is 0 Å². The van der Waals surface area contributed by atoms with E-state index >= 15 is 0 Å². The summed E-state index contributed by atoms with van der Waals surface area (Å²) in [7, 11) is 0. The van der Waals surface area contributed by atoms with Crippen LogP contribution in [0, 0.1) is 48.4 Å². The summed E-state index contributed by atoms with van der Waals surface area (Å²) in [6, 6.07) is 125. The molecule has 0 fully saturated rings. The number of allylic oxidation sites excluding steroid dienone is 2. The minimum atomic E-state index is -0.253. The second-order valence-corrected chi connectivity index (χ2v) is 40.8. The van der Waals surface area contributed by atoms with Gasteiger partial charge < -0.3 is 38.2 Å². The summed E-state index contributed by atoms with van der Waals surface area (Å²) in [6.45, 7) is 47.7. The van der Waals surface area contributed by atoms with Crippen molar-refractivity contribution in [3.63, 3.8) is 0 Å². The van der Waals surface area contributed by atoms with E-state index in [2.05, 4.69) is 501 Å². The second-order valence-electron chi connectivity index (χ2n) is 40.8. The van der Waals surface area contributed by atoms with E-state index in [-0.39, 0.29) is 80.0 Å². The van der Waals surface area contributed by atoms with Crippen molar-refractivity contribution in [2.45, 2.75) is 159 Å². The van der Waals surface area contributed by atoms with Gasteiger partial charge in [0.05, 0.1) is 0 Å². The first kappa shape index (κ1) is 92.7. The minimum Gasteiger partial charge on any atom is -0.509 e. The molecule has 0 saturated carbocycles. The SMILES string of the molecule is CC(C)(C)C1=CN(c2[c-]c(Oc3[c-]c4c(cc3)c3ccccc3n4-c3cc(C(C)(C)C)ccn3)cc(-c3ccccc3)c2)[CH-]N1c1cc(-c2ccccc2)cc(C(C)(C)c2ccccc2)c1.CC(C)(C)C1=CN(c2[c-]c(Oc3[c-]c4c(cc3)c3ccccc3n4-c3cc(C(C)(C)C)ccn3)cc(-c3ccccc3)c2)[CH-]N1c1cc(C(C)(C)C)cc(C(C)(C)c2ccccc2)c1.[Pt].[Pt]. The first-order valence-corrected chi connectivity index (χ1v) is 45.3. The van der Waals surface area contributed by atoms with E-state index in [0.717, 1.165) is 106 Å². The van der Waals surface area contributed by atoms with E-state index in [1.54, 1.807) is 0 Å². The van der Waals surface area contributed by atoms with Gasteiger partial charge in [0.15, 0.2) is 0 Å². The Bertz CT molecular complexity index is 7140. The zero-order valence-electron chi connectivity index (χ0n) is 78.9. The Morgan fingerprint density at radius 1 is 0.265 bits per heavy atom. The van der Waals surface area contributed by atoms with Crippen LogP contribution >= 0.6 is 0 Å². The van der Waals surface area contributed by atoms with Gasteiger partial charge in [-0.3, -0.25) is 0 Å². The predicted octanol–water partition coefficient (Wildman–Crippen LogP) is 31.3. The molecule has 10 nitrogen and oxygen atoms in total. The Balaban J connectivity index is 0.000000190. The number of para-hydroxylation sites is 2. The number of aromatic nitrogens is 4. The summed E-state index contributed by atoms with van der Waals surface area (Å²) >= 11 is 0. The standard InChI is InChI=1S/C61H55N4O.C59H59N4O.2Pt/c1-59(2,3)47-30-31-62-58(37-47)65-55-27-19-18-26-53(55)54-29-28-51(39-56(54)65)66-52-35-45(43-22-14-10-15-23-43)33-49(38-52)63-40-57(60(4,5)6)64(41-63)50-34-44(42-20-12-9-13-21-42)32-48(36-50)61(7,8)46-24-16-11-17-25-46;1-56(2,3)43-28-29-60-55(35-43)63-52-25-19-18-24-50(52)51-27-26-48(37-53(51)63)64-49-31-41(40-20-14-12-15-21-40)30-46(36-49)61-38-54(58(7,8)9)62(39-61)47-33-44(57(4,5)6)32-45(34-47)59(10,11)42-22-16-13-17-23-42;;/h9-37,40-41H,1-8H3;12-35,38-39H,1-11H3;;/q2*-3;;.